The molecule has 208 valence electrons. The number of carbonyl (C=O) groups excluding carboxylic acids is 1. The third-order valence-corrected chi connectivity index (χ3v) is 6.62. The van der Waals surface area contributed by atoms with Crippen molar-refractivity contribution in [3.8, 4) is 18.9 Å². The zero-order valence-electron chi connectivity index (χ0n) is 23.6. The van der Waals surface area contributed by atoms with E-state index in [1.807, 2.05) is 5.53 Å². The zero-order valence-corrected chi connectivity index (χ0v) is 23.6. The third kappa shape index (κ3) is 10.8. The third-order valence-electron chi connectivity index (χ3n) is 6.62. The fourth-order valence-corrected chi connectivity index (χ4v) is 4.80. The Hall–Kier alpha value is -3.59. The summed E-state index contributed by atoms with van der Waals surface area (Å²) in [6.07, 6.45) is 21.5. The maximum Gasteiger partial charge on any atom is 0.237 e. The minimum absolute atomic E-state index is 0.0408. The predicted molar refractivity (Wildman–Crippen MR) is 159 cm³/mol. The molecule has 1 aromatic carbocycles. The van der Waals surface area contributed by atoms with Crippen LogP contribution in [0, 0.1) is 24.2 Å². The number of amides is 1. The summed E-state index contributed by atoms with van der Waals surface area (Å²) >= 11 is 0. The number of likely N-dealkylation sites (tertiary alicyclic amines) is 1. The molecule has 0 radical (unpaired) electrons. The number of rotatable bonds is 11. The lowest BCUT2D eigenvalue weighted by atomic mass is 9.70. The predicted octanol–water partition coefficient (Wildman–Crippen LogP) is 3.90. The number of terminal acetylenes is 1. The summed E-state index contributed by atoms with van der Waals surface area (Å²) in [5, 5.41) is 15.9. The van der Waals surface area contributed by atoms with Crippen molar-refractivity contribution in [1.82, 2.24) is 15.8 Å². The average Bonchev–Trinajstić information content (AvgIpc) is 2.96. The number of nitrogens with zero attached hydrogens (tertiary/aromatic N) is 3. The number of carbonyl (C=O) groups is 1. The molecule has 1 aliphatic rings. The zero-order chi connectivity index (χ0) is 28.8. The van der Waals surface area contributed by atoms with Crippen LogP contribution in [-0.2, 0) is 16.6 Å². The molecule has 1 fully saturated rings. The monoisotopic (exact) mass is 521 g/mol. The molecule has 1 amide bonds. The second kappa shape index (κ2) is 20.5. The summed E-state index contributed by atoms with van der Waals surface area (Å²) in [5.41, 5.74) is 10.6. The highest BCUT2D eigenvalue weighted by Crippen LogP contribution is 2.38. The summed E-state index contributed by atoms with van der Waals surface area (Å²) in [5.74, 6) is 4.65. The quantitative estimate of drug-likeness (QED) is 0.0664. The van der Waals surface area contributed by atoms with Crippen LogP contribution in [0.15, 0.2) is 53.2 Å². The van der Waals surface area contributed by atoms with Crippen LogP contribution in [-0.4, -0.2) is 42.8 Å². The van der Waals surface area contributed by atoms with Gasteiger partial charge in [-0.15, -0.1) is 12.8 Å². The van der Waals surface area contributed by atoms with Crippen molar-refractivity contribution in [3.05, 3.63) is 59.2 Å². The van der Waals surface area contributed by atoms with Crippen LogP contribution >= 0.6 is 0 Å². The number of hydrogen-bond acceptors (Lipinski definition) is 6. The van der Waals surface area contributed by atoms with E-state index < -0.39 is 0 Å². The number of allylic oxidation sites excluding steroid dienone is 4. The van der Waals surface area contributed by atoms with E-state index in [1.165, 1.54) is 16.7 Å². The lowest BCUT2D eigenvalue weighted by Gasteiger charge is -2.35. The second-order valence-corrected chi connectivity index (χ2v) is 9.05. The summed E-state index contributed by atoms with van der Waals surface area (Å²) in [4.78, 5) is 14.4. The summed E-state index contributed by atoms with van der Waals surface area (Å²) in [6.45, 7) is 10.4. The Kier molecular flexibility index (Phi) is 18.5. The highest BCUT2D eigenvalue weighted by Gasteiger charge is 2.31. The topological polar surface area (TPSA) is 133 Å². The molecule has 1 aromatic rings. The van der Waals surface area contributed by atoms with Crippen molar-refractivity contribution in [2.24, 2.45) is 16.7 Å². The standard InChI is InChI=1S/C27H39N3O.C2H2.CH6N4/c1-5-12-22-14-8-9-16-25(22)27(4,23(7-3)13-6-2)17-18-29-21-26(31)30-19-11-10-15-24(30)20-28;1-2;2-1-4-5-3/h6-9,13-14,16,24,29H,5,10-12,15,17-19,21H2,1-4H3;1-2H;1,5H,3H2,(H2,2,4)/b13-6-,23-7+;;. The average molecular weight is 522 g/mol. The molecule has 0 saturated carbocycles. The number of hydrazine groups is 1. The van der Waals surface area contributed by atoms with Crippen molar-refractivity contribution in [3.63, 3.8) is 0 Å². The molecule has 8 heteroatoms. The molecule has 0 aliphatic carbocycles. The minimum Gasteiger partial charge on any atom is -0.388 e. The molecule has 2 rings (SSSR count). The van der Waals surface area contributed by atoms with E-state index in [2.05, 4.69) is 105 Å². The van der Waals surface area contributed by atoms with Gasteiger partial charge in [0, 0.05) is 12.0 Å². The van der Waals surface area contributed by atoms with E-state index in [-0.39, 0.29) is 17.4 Å². The fourth-order valence-electron chi connectivity index (χ4n) is 4.80. The Labute approximate surface area is 230 Å². The molecule has 0 aromatic heterocycles. The maximum atomic E-state index is 12.7. The maximum absolute atomic E-state index is 12.7. The first-order valence-electron chi connectivity index (χ1n) is 13.2. The Bertz CT molecular complexity index is 961. The highest BCUT2D eigenvalue weighted by atomic mass is 16.2. The lowest BCUT2D eigenvalue weighted by molar-refractivity contribution is -0.132. The van der Waals surface area contributed by atoms with E-state index in [4.69, 9.17) is 5.73 Å². The smallest absolute Gasteiger partial charge is 0.237 e. The fraction of sp³-hybridized carbons (Fsp3) is 0.500. The molecule has 2 atom stereocenters. The first-order chi connectivity index (χ1) is 18.4. The molecular weight excluding hydrogens is 474 g/mol. The summed E-state index contributed by atoms with van der Waals surface area (Å²) < 4.78 is 0. The molecule has 0 bridgehead atoms. The van der Waals surface area contributed by atoms with Crippen LogP contribution in [0.4, 0.5) is 0 Å². The van der Waals surface area contributed by atoms with E-state index in [0.29, 0.717) is 13.1 Å². The number of aryl methyl sites for hydroxylation is 1. The molecule has 0 spiro atoms. The first kappa shape index (κ1) is 34.4. The van der Waals surface area contributed by atoms with Gasteiger partial charge in [0.1, 0.15) is 12.4 Å². The Balaban J connectivity index is 0.00000175. The van der Waals surface area contributed by atoms with Crippen LogP contribution in [0.2, 0.25) is 0 Å². The van der Waals surface area contributed by atoms with Gasteiger partial charge < -0.3 is 16.0 Å². The molecule has 1 heterocycles. The van der Waals surface area contributed by atoms with Crippen LogP contribution in [0.25, 0.3) is 0 Å². The van der Waals surface area contributed by atoms with E-state index in [0.717, 1.165) is 51.4 Å². The van der Waals surface area contributed by atoms with Crippen LogP contribution in [0.5, 0.6) is 0 Å². The van der Waals surface area contributed by atoms with Crippen LogP contribution in [0.3, 0.4) is 0 Å². The van der Waals surface area contributed by atoms with Gasteiger partial charge in [-0.2, -0.15) is 10.4 Å². The number of piperidine rings is 1. The summed E-state index contributed by atoms with van der Waals surface area (Å²) in [7, 11) is 0. The SMILES string of the molecule is C#C.C/C=C\C(=C/C)C(C)(CCNCC(=O)N1CCCCC1C#N)c1ccccc1CCC.N/C=N\NN. The normalized spacial score (nSPS) is 16.9. The molecule has 1 saturated heterocycles. The van der Waals surface area contributed by atoms with Gasteiger partial charge in [0.2, 0.25) is 5.91 Å². The first-order valence-corrected chi connectivity index (χ1v) is 13.2. The number of hydrazone groups is 1. The van der Waals surface area contributed by atoms with Gasteiger partial charge in [-0.1, -0.05) is 62.8 Å². The number of nitriles is 1. The van der Waals surface area contributed by atoms with Gasteiger partial charge in [-0.25, -0.2) is 11.4 Å². The number of nitrogens with two attached hydrogens (primary N) is 2. The molecule has 8 nitrogen and oxygen atoms in total. The van der Waals surface area contributed by atoms with Crippen LogP contribution < -0.4 is 22.4 Å². The minimum atomic E-state index is -0.265. The van der Waals surface area contributed by atoms with E-state index in [9.17, 15) is 10.1 Å². The molecule has 6 N–H and O–H groups in total. The molecular formula is C30H47N7O. The largest absolute Gasteiger partial charge is 0.388 e. The Morgan fingerprint density at radius 3 is 2.58 bits per heavy atom. The van der Waals surface area contributed by atoms with Gasteiger partial charge in [-0.3, -0.25) is 4.79 Å². The van der Waals surface area contributed by atoms with Gasteiger partial charge in [0.05, 0.1) is 12.6 Å². The van der Waals surface area contributed by atoms with Gasteiger partial charge in [-0.05, 0) is 69.2 Å². The molecule has 38 heavy (non-hydrogen) atoms. The number of hydrogen-bond donors (Lipinski definition) is 4. The van der Waals surface area contributed by atoms with Gasteiger partial charge in [0.15, 0.2) is 0 Å². The second-order valence-electron chi connectivity index (χ2n) is 9.05. The highest BCUT2D eigenvalue weighted by molar-refractivity contribution is 5.79. The molecule has 1 aliphatic heterocycles. The van der Waals surface area contributed by atoms with Gasteiger partial charge in [0.25, 0.3) is 0 Å². The lowest BCUT2D eigenvalue weighted by Crippen LogP contribution is -2.47. The number of benzene rings is 1. The Morgan fingerprint density at radius 1 is 1.32 bits per heavy atom. The van der Waals surface area contributed by atoms with Crippen molar-refractivity contribution in [1.29, 1.82) is 5.26 Å². The van der Waals surface area contributed by atoms with Crippen molar-refractivity contribution in [2.45, 2.75) is 77.7 Å². The van der Waals surface area contributed by atoms with E-state index in [1.54, 1.807) is 4.90 Å². The van der Waals surface area contributed by atoms with Crippen molar-refractivity contribution < 1.29 is 4.79 Å². The molecule has 2 unspecified atom stereocenters. The van der Waals surface area contributed by atoms with Gasteiger partial charge >= 0.3 is 0 Å². The number of nitrogens with one attached hydrogen (secondary N) is 2. The van der Waals surface area contributed by atoms with E-state index >= 15 is 0 Å². The van der Waals surface area contributed by atoms with Crippen LogP contribution in [0.1, 0.15) is 70.9 Å². The van der Waals surface area contributed by atoms with Crippen molar-refractivity contribution in [2.75, 3.05) is 19.6 Å². The van der Waals surface area contributed by atoms with Crippen molar-refractivity contribution >= 4 is 12.2 Å². The summed E-state index contributed by atoms with van der Waals surface area (Å²) in [6, 6.07) is 10.8. The Morgan fingerprint density at radius 2 is 2.03 bits per heavy atom.